The van der Waals surface area contributed by atoms with Crippen molar-refractivity contribution in [2.45, 2.75) is 19.3 Å². The van der Waals surface area contributed by atoms with Crippen LogP contribution >= 0.6 is 0 Å². The lowest BCUT2D eigenvalue weighted by molar-refractivity contribution is -0.127. The van der Waals surface area contributed by atoms with Crippen LogP contribution in [0.3, 0.4) is 0 Å². The van der Waals surface area contributed by atoms with Crippen molar-refractivity contribution >= 4 is 5.91 Å². The van der Waals surface area contributed by atoms with Gasteiger partial charge in [-0.15, -0.1) is 0 Å². The van der Waals surface area contributed by atoms with E-state index in [1.165, 1.54) is 5.56 Å². The third-order valence-corrected chi connectivity index (χ3v) is 3.75. The molecule has 0 saturated carbocycles. The normalized spacial score (nSPS) is 17.7. The lowest BCUT2D eigenvalue weighted by Crippen LogP contribution is -2.26. The van der Waals surface area contributed by atoms with Gasteiger partial charge in [0.25, 0.3) is 0 Å². The van der Waals surface area contributed by atoms with Crippen molar-refractivity contribution in [3.8, 4) is 5.75 Å². The average Bonchev–Trinajstić information content (AvgIpc) is 2.86. The molecule has 112 valence electrons. The van der Waals surface area contributed by atoms with E-state index < -0.39 is 0 Å². The highest BCUT2D eigenvalue weighted by molar-refractivity contribution is 5.78. The van der Waals surface area contributed by atoms with Crippen LogP contribution < -0.4 is 4.74 Å². The molecule has 0 aromatic heterocycles. The molecule has 1 saturated heterocycles. The molecule has 0 radical (unpaired) electrons. The van der Waals surface area contributed by atoms with Crippen LogP contribution in [0.15, 0.2) is 29.4 Å². The number of carbonyl (C=O) groups excluding carboxylic acids is 1. The number of azide groups is 1. The lowest BCUT2D eigenvalue weighted by Gasteiger charge is -2.16. The molecule has 1 aromatic rings. The fourth-order valence-electron chi connectivity index (χ4n) is 2.61. The molecular weight excluding hydrogens is 268 g/mol. The topological polar surface area (TPSA) is 78.3 Å². The second kappa shape index (κ2) is 7.55. The fourth-order valence-corrected chi connectivity index (χ4v) is 2.61. The summed E-state index contributed by atoms with van der Waals surface area (Å²) in [7, 11) is 1.65. The molecule has 1 amide bonds. The number of hydrogen-bond donors (Lipinski definition) is 0. The third kappa shape index (κ3) is 4.39. The molecule has 1 aromatic carbocycles. The first-order chi connectivity index (χ1) is 10.2. The third-order valence-electron chi connectivity index (χ3n) is 3.75. The molecule has 6 nitrogen and oxygen atoms in total. The van der Waals surface area contributed by atoms with Crippen LogP contribution in [-0.2, 0) is 11.2 Å². The second-order valence-electron chi connectivity index (χ2n) is 5.27. The van der Waals surface area contributed by atoms with Crippen molar-refractivity contribution in [2.75, 3.05) is 26.7 Å². The predicted octanol–water partition coefficient (Wildman–Crippen LogP) is 2.79. The van der Waals surface area contributed by atoms with Crippen molar-refractivity contribution in [2.24, 2.45) is 11.0 Å². The average molecular weight is 288 g/mol. The van der Waals surface area contributed by atoms with Gasteiger partial charge in [-0.05, 0) is 42.0 Å². The molecule has 21 heavy (non-hydrogen) atoms. The Labute approximate surface area is 124 Å². The van der Waals surface area contributed by atoms with Crippen molar-refractivity contribution < 1.29 is 9.53 Å². The van der Waals surface area contributed by atoms with Crippen LogP contribution in [0.4, 0.5) is 0 Å². The van der Waals surface area contributed by atoms with Gasteiger partial charge in [-0.1, -0.05) is 17.2 Å². The minimum Gasteiger partial charge on any atom is -0.497 e. The van der Waals surface area contributed by atoms with E-state index in [9.17, 15) is 4.79 Å². The Bertz CT molecular complexity index is 523. The number of carbonyl (C=O) groups is 1. The van der Waals surface area contributed by atoms with E-state index in [-0.39, 0.29) is 11.8 Å². The molecular formula is C15H20N4O2. The Hall–Kier alpha value is -2.20. The van der Waals surface area contributed by atoms with Crippen LogP contribution in [0.2, 0.25) is 0 Å². The molecule has 1 aliphatic rings. The number of amides is 1. The fraction of sp³-hybridized carbons (Fsp3) is 0.533. The minimum atomic E-state index is 0.169. The van der Waals surface area contributed by atoms with Crippen molar-refractivity contribution in [3.05, 3.63) is 40.3 Å². The Kier molecular flexibility index (Phi) is 5.46. The zero-order valence-electron chi connectivity index (χ0n) is 12.2. The first-order valence-corrected chi connectivity index (χ1v) is 7.14. The summed E-state index contributed by atoms with van der Waals surface area (Å²) in [5.41, 5.74) is 9.56. The Morgan fingerprint density at radius 2 is 2.19 bits per heavy atom. The minimum absolute atomic E-state index is 0.169. The quantitative estimate of drug-likeness (QED) is 0.439. The maximum Gasteiger partial charge on any atom is 0.222 e. The first kappa shape index (κ1) is 15.2. The number of rotatable bonds is 7. The largest absolute Gasteiger partial charge is 0.497 e. The number of benzene rings is 1. The molecule has 1 fully saturated rings. The van der Waals surface area contributed by atoms with E-state index in [2.05, 4.69) is 22.2 Å². The molecule has 6 heteroatoms. The SMILES string of the molecule is COc1ccc(CCCN2CC(CN=[N+]=[N-])CC2=O)cc1. The Morgan fingerprint density at radius 3 is 2.86 bits per heavy atom. The number of hydrogen-bond acceptors (Lipinski definition) is 3. The van der Waals surface area contributed by atoms with Crippen LogP contribution in [0.25, 0.3) is 10.4 Å². The van der Waals surface area contributed by atoms with Crippen molar-refractivity contribution in [3.63, 3.8) is 0 Å². The zero-order chi connectivity index (χ0) is 15.1. The summed E-state index contributed by atoms with van der Waals surface area (Å²) < 4.78 is 5.13. The van der Waals surface area contributed by atoms with Crippen LogP contribution in [-0.4, -0.2) is 37.6 Å². The van der Waals surface area contributed by atoms with E-state index >= 15 is 0 Å². The molecule has 1 atom stereocenters. The number of likely N-dealkylation sites (tertiary alicyclic amines) is 1. The second-order valence-corrected chi connectivity index (χ2v) is 5.27. The molecule has 0 aliphatic carbocycles. The standard InChI is InChI=1S/C15H20N4O2/c1-21-14-6-4-12(5-7-14)3-2-8-19-11-13(9-15(19)20)10-17-18-16/h4-7,13H,2-3,8-11H2,1H3. The highest BCUT2D eigenvalue weighted by Gasteiger charge is 2.28. The highest BCUT2D eigenvalue weighted by atomic mass is 16.5. The Balaban J connectivity index is 1.75. The van der Waals surface area contributed by atoms with E-state index in [4.69, 9.17) is 10.3 Å². The van der Waals surface area contributed by atoms with E-state index in [0.29, 0.717) is 19.5 Å². The molecule has 1 aliphatic heterocycles. The number of ether oxygens (including phenoxy) is 1. The maximum absolute atomic E-state index is 11.8. The van der Waals surface area contributed by atoms with Gasteiger partial charge in [0, 0.05) is 31.0 Å². The van der Waals surface area contributed by atoms with Gasteiger partial charge in [0.2, 0.25) is 5.91 Å². The van der Waals surface area contributed by atoms with Crippen molar-refractivity contribution in [1.82, 2.24) is 4.90 Å². The van der Waals surface area contributed by atoms with Gasteiger partial charge in [-0.3, -0.25) is 4.79 Å². The van der Waals surface area contributed by atoms with Gasteiger partial charge in [0.1, 0.15) is 5.75 Å². The lowest BCUT2D eigenvalue weighted by atomic mass is 10.1. The monoisotopic (exact) mass is 288 g/mol. The van der Waals surface area contributed by atoms with Gasteiger partial charge < -0.3 is 9.64 Å². The van der Waals surface area contributed by atoms with Gasteiger partial charge >= 0.3 is 0 Å². The summed E-state index contributed by atoms with van der Waals surface area (Å²) >= 11 is 0. The molecule has 2 rings (SSSR count). The molecule has 1 heterocycles. The summed E-state index contributed by atoms with van der Waals surface area (Å²) in [4.78, 5) is 16.5. The summed E-state index contributed by atoms with van der Waals surface area (Å²) in [5.74, 6) is 1.20. The Morgan fingerprint density at radius 1 is 1.43 bits per heavy atom. The summed E-state index contributed by atoms with van der Waals surface area (Å²) in [6, 6.07) is 8.00. The van der Waals surface area contributed by atoms with Gasteiger partial charge in [0.15, 0.2) is 0 Å². The first-order valence-electron chi connectivity index (χ1n) is 7.14. The summed E-state index contributed by atoms with van der Waals surface area (Å²) in [6.07, 6.45) is 2.38. The summed E-state index contributed by atoms with van der Waals surface area (Å²) in [5, 5.41) is 3.56. The van der Waals surface area contributed by atoms with Gasteiger partial charge in [-0.2, -0.15) is 0 Å². The van der Waals surface area contributed by atoms with E-state index in [1.807, 2.05) is 17.0 Å². The van der Waals surface area contributed by atoms with Crippen LogP contribution in [0, 0.1) is 5.92 Å². The van der Waals surface area contributed by atoms with Crippen molar-refractivity contribution in [1.29, 1.82) is 0 Å². The van der Waals surface area contributed by atoms with Crippen LogP contribution in [0.1, 0.15) is 18.4 Å². The number of nitrogens with zero attached hydrogens (tertiary/aromatic N) is 4. The zero-order valence-corrected chi connectivity index (χ0v) is 12.2. The van der Waals surface area contributed by atoms with Crippen LogP contribution in [0.5, 0.6) is 5.75 Å². The number of methoxy groups -OCH3 is 1. The molecule has 0 bridgehead atoms. The number of aryl methyl sites for hydroxylation is 1. The molecule has 0 spiro atoms. The summed E-state index contributed by atoms with van der Waals surface area (Å²) in [6.45, 7) is 1.88. The predicted molar refractivity (Wildman–Crippen MR) is 80.0 cm³/mol. The van der Waals surface area contributed by atoms with E-state index in [0.717, 1.165) is 25.1 Å². The van der Waals surface area contributed by atoms with E-state index in [1.54, 1.807) is 7.11 Å². The smallest absolute Gasteiger partial charge is 0.222 e. The van der Waals surface area contributed by atoms with Gasteiger partial charge in [-0.25, -0.2) is 0 Å². The molecule has 0 N–H and O–H groups in total. The van der Waals surface area contributed by atoms with Gasteiger partial charge in [0.05, 0.1) is 7.11 Å². The molecule has 1 unspecified atom stereocenters. The highest BCUT2D eigenvalue weighted by Crippen LogP contribution is 2.19. The maximum atomic E-state index is 11.8.